The van der Waals surface area contributed by atoms with E-state index >= 15 is 0 Å². The smallest absolute Gasteiger partial charge is 0.0681 e. The molecule has 94 valence electrons. The third-order valence-corrected chi connectivity index (χ3v) is 4.12. The predicted molar refractivity (Wildman–Crippen MR) is 70.7 cm³/mol. The third-order valence-electron chi connectivity index (χ3n) is 4.12. The fourth-order valence-electron chi connectivity index (χ4n) is 2.28. The number of aliphatic hydroxyl groups is 1. The maximum absolute atomic E-state index is 9.13. The minimum atomic E-state index is 0.124. The van der Waals surface area contributed by atoms with Crippen LogP contribution in [0.3, 0.4) is 0 Å². The Balaban J connectivity index is 1.92. The van der Waals surface area contributed by atoms with Crippen LogP contribution in [0, 0.1) is 5.41 Å². The van der Waals surface area contributed by atoms with Gasteiger partial charge in [0, 0.05) is 12.6 Å². The van der Waals surface area contributed by atoms with Gasteiger partial charge in [-0.1, -0.05) is 31.2 Å². The van der Waals surface area contributed by atoms with Crippen molar-refractivity contribution in [3.05, 3.63) is 35.4 Å². The summed E-state index contributed by atoms with van der Waals surface area (Å²) < 4.78 is 0. The highest BCUT2D eigenvalue weighted by Crippen LogP contribution is 2.48. The Bertz CT molecular complexity index is 371. The van der Waals surface area contributed by atoms with Crippen LogP contribution >= 0.6 is 0 Å². The molecule has 0 amide bonds. The quantitative estimate of drug-likeness (QED) is 0.791. The van der Waals surface area contributed by atoms with Crippen molar-refractivity contribution in [3.63, 3.8) is 0 Å². The molecule has 1 atom stereocenters. The van der Waals surface area contributed by atoms with Crippen molar-refractivity contribution in [2.75, 3.05) is 6.54 Å². The molecule has 1 aromatic rings. The van der Waals surface area contributed by atoms with Gasteiger partial charge in [-0.3, -0.25) is 0 Å². The van der Waals surface area contributed by atoms with E-state index in [2.05, 4.69) is 31.3 Å². The van der Waals surface area contributed by atoms with Gasteiger partial charge in [0.05, 0.1) is 6.61 Å². The Kier molecular flexibility index (Phi) is 3.85. The van der Waals surface area contributed by atoms with Gasteiger partial charge >= 0.3 is 0 Å². The predicted octanol–water partition coefficient (Wildman–Crippen LogP) is 3.02. The van der Waals surface area contributed by atoms with Gasteiger partial charge in [0.2, 0.25) is 0 Å². The first-order valence-corrected chi connectivity index (χ1v) is 6.62. The third kappa shape index (κ3) is 3.08. The molecular formula is C15H23NO. The fourth-order valence-corrected chi connectivity index (χ4v) is 2.28. The molecule has 1 unspecified atom stereocenters. The Morgan fingerprint density at radius 3 is 2.76 bits per heavy atom. The van der Waals surface area contributed by atoms with Crippen LogP contribution in [-0.2, 0) is 6.61 Å². The lowest BCUT2D eigenvalue weighted by Crippen LogP contribution is -2.26. The number of nitrogens with one attached hydrogen (secondary N) is 1. The van der Waals surface area contributed by atoms with Crippen molar-refractivity contribution >= 4 is 0 Å². The van der Waals surface area contributed by atoms with Crippen molar-refractivity contribution in [2.45, 2.75) is 45.8 Å². The van der Waals surface area contributed by atoms with Gasteiger partial charge in [0.15, 0.2) is 0 Å². The number of rotatable bonds is 6. The molecule has 17 heavy (non-hydrogen) atoms. The maximum Gasteiger partial charge on any atom is 0.0681 e. The SMILES string of the molecule is CCC1(CNC(C)c2cccc(CO)c2)CC1. The lowest BCUT2D eigenvalue weighted by Gasteiger charge is -2.19. The zero-order valence-electron chi connectivity index (χ0n) is 10.9. The Morgan fingerprint density at radius 1 is 1.41 bits per heavy atom. The Hall–Kier alpha value is -0.860. The van der Waals surface area contributed by atoms with E-state index in [1.165, 1.54) is 24.8 Å². The molecule has 0 spiro atoms. The number of aliphatic hydroxyl groups excluding tert-OH is 1. The Labute approximate surface area is 104 Å². The second-order valence-corrected chi connectivity index (χ2v) is 5.36. The van der Waals surface area contributed by atoms with Crippen molar-refractivity contribution in [1.29, 1.82) is 0 Å². The van der Waals surface area contributed by atoms with Gasteiger partial charge in [-0.15, -0.1) is 0 Å². The number of benzene rings is 1. The molecule has 1 aliphatic carbocycles. The van der Waals surface area contributed by atoms with Gasteiger partial charge in [-0.05, 0) is 42.7 Å². The lowest BCUT2D eigenvalue weighted by molar-refractivity contribution is 0.281. The highest BCUT2D eigenvalue weighted by Gasteiger charge is 2.40. The first-order chi connectivity index (χ1) is 8.19. The van der Waals surface area contributed by atoms with Gasteiger partial charge in [-0.2, -0.15) is 0 Å². The highest BCUT2D eigenvalue weighted by molar-refractivity contribution is 5.25. The summed E-state index contributed by atoms with van der Waals surface area (Å²) in [5, 5.41) is 12.8. The van der Waals surface area contributed by atoms with Crippen LogP contribution in [-0.4, -0.2) is 11.7 Å². The fraction of sp³-hybridized carbons (Fsp3) is 0.600. The molecule has 1 fully saturated rings. The van der Waals surface area contributed by atoms with Crippen molar-refractivity contribution in [3.8, 4) is 0 Å². The molecule has 2 N–H and O–H groups in total. The van der Waals surface area contributed by atoms with Gasteiger partial charge in [0.25, 0.3) is 0 Å². The van der Waals surface area contributed by atoms with E-state index in [1.54, 1.807) is 0 Å². The van der Waals surface area contributed by atoms with Crippen LogP contribution in [0.1, 0.15) is 50.3 Å². The zero-order valence-corrected chi connectivity index (χ0v) is 10.9. The number of hydrogen-bond donors (Lipinski definition) is 2. The molecule has 0 heterocycles. The zero-order chi connectivity index (χ0) is 12.3. The summed E-state index contributed by atoms with van der Waals surface area (Å²) >= 11 is 0. The van der Waals surface area contributed by atoms with E-state index in [0.717, 1.165) is 12.1 Å². The van der Waals surface area contributed by atoms with E-state index in [1.807, 2.05) is 12.1 Å². The molecule has 0 radical (unpaired) electrons. The van der Waals surface area contributed by atoms with E-state index < -0.39 is 0 Å². The molecule has 2 rings (SSSR count). The van der Waals surface area contributed by atoms with Crippen LogP contribution in [0.2, 0.25) is 0 Å². The summed E-state index contributed by atoms with van der Waals surface area (Å²) in [5.74, 6) is 0. The lowest BCUT2D eigenvalue weighted by atomic mass is 10.0. The van der Waals surface area contributed by atoms with Crippen LogP contribution in [0.5, 0.6) is 0 Å². The van der Waals surface area contributed by atoms with Crippen LogP contribution in [0.15, 0.2) is 24.3 Å². The van der Waals surface area contributed by atoms with Gasteiger partial charge < -0.3 is 10.4 Å². The molecule has 1 aromatic carbocycles. The largest absolute Gasteiger partial charge is 0.392 e. The molecule has 0 aromatic heterocycles. The Morgan fingerprint density at radius 2 is 2.18 bits per heavy atom. The average Bonchev–Trinajstić information content (AvgIpc) is 3.17. The van der Waals surface area contributed by atoms with E-state index in [-0.39, 0.29) is 6.61 Å². The maximum atomic E-state index is 9.13. The molecule has 2 heteroatoms. The summed E-state index contributed by atoms with van der Waals surface area (Å²) in [5.41, 5.74) is 2.85. The number of hydrogen-bond acceptors (Lipinski definition) is 2. The molecule has 2 nitrogen and oxygen atoms in total. The van der Waals surface area contributed by atoms with Gasteiger partial charge in [0.1, 0.15) is 0 Å². The van der Waals surface area contributed by atoms with E-state index in [4.69, 9.17) is 5.11 Å². The van der Waals surface area contributed by atoms with Crippen LogP contribution in [0.4, 0.5) is 0 Å². The van der Waals surface area contributed by atoms with Crippen LogP contribution in [0.25, 0.3) is 0 Å². The topological polar surface area (TPSA) is 32.3 Å². The van der Waals surface area contributed by atoms with Crippen molar-refractivity contribution < 1.29 is 5.11 Å². The van der Waals surface area contributed by atoms with Crippen LogP contribution < -0.4 is 5.32 Å². The molecular weight excluding hydrogens is 210 g/mol. The normalized spacial score (nSPS) is 19.0. The van der Waals surface area contributed by atoms with Crippen molar-refractivity contribution in [1.82, 2.24) is 5.32 Å². The average molecular weight is 233 g/mol. The summed E-state index contributed by atoms with van der Waals surface area (Å²) in [7, 11) is 0. The molecule has 1 saturated carbocycles. The van der Waals surface area contributed by atoms with E-state index in [0.29, 0.717) is 11.5 Å². The molecule has 0 bridgehead atoms. The summed E-state index contributed by atoms with van der Waals surface area (Å²) in [4.78, 5) is 0. The standard InChI is InChI=1S/C15H23NO/c1-3-15(7-8-15)11-16-12(2)14-6-4-5-13(9-14)10-17/h4-6,9,12,16-17H,3,7-8,10-11H2,1-2H3. The summed E-state index contributed by atoms with van der Waals surface area (Å²) in [6, 6.07) is 8.56. The molecule has 1 aliphatic rings. The minimum absolute atomic E-state index is 0.124. The molecule has 0 aliphatic heterocycles. The second kappa shape index (κ2) is 5.19. The second-order valence-electron chi connectivity index (χ2n) is 5.36. The highest BCUT2D eigenvalue weighted by atomic mass is 16.3. The minimum Gasteiger partial charge on any atom is -0.392 e. The monoisotopic (exact) mass is 233 g/mol. The van der Waals surface area contributed by atoms with E-state index in [9.17, 15) is 0 Å². The van der Waals surface area contributed by atoms with Gasteiger partial charge in [-0.25, -0.2) is 0 Å². The summed E-state index contributed by atoms with van der Waals surface area (Å²) in [6.07, 6.45) is 4.03. The molecule has 0 saturated heterocycles. The first kappa shape index (κ1) is 12.6. The van der Waals surface area contributed by atoms with Crippen molar-refractivity contribution in [2.24, 2.45) is 5.41 Å². The summed E-state index contributed by atoms with van der Waals surface area (Å²) in [6.45, 7) is 5.72. The first-order valence-electron chi connectivity index (χ1n) is 6.62.